The second kappa shape index (κ2) is 8.95. The lowest BCUT2D eigenvalue weighted by Crippen LogP contribution is -2.42. The molecule has 0 aromatic heterocycles. The summed E-state index contributed by atoms with van der Waals surface area (Å²) >= 11 is 0. The fraction of sp³-hybridized carbons (Fsp3) is 0.500. The van der Waals surface area contributed by atoms with E-state index < -0.39 is 0 Å². The van der Waals surface area contributed by atoms with Crippen LogP contribution in [-0.2, 0) is 11.2 Å². The van der Waals surface area contributed by atoms with Gasteiger partial charge in [-0.1, -0.05) is 37.3 Å². The first-order chi connectivity index (χ1) is 8.19. The Bertz CT molecular complexity index is 343. The lowest BCUT2D eigenvalue weighted by molar-refractivity contribution is -0.130. The molecule has 1 amide bonds. The highest BCUT2D eigenvalue weighted by Crippen LogP contribution is 2.10. The molecular formula is C14H23ClN2O. The Kier molecular flexibility index (Phi) is 8.42. The lowest BCUT2D eigenvalue weighted by atomic mass is 10.0. The van der Waals surface area contributed by atoms with Crippen molar-refractivity contribution in [3.8, 4) is 0 Å². The molecule has 4 heteroatoms. The number of halogens is 1. The zero-order valence-corrected chi connectivity index (χ0v) is 12.2. The first-order valence-electron chi connectivity index (χ1n) is 6.13. The Morgan fingerprint density at radius 3 is 2.44 bits per heavy atom. The van der Waals surface area contributed by atoms with Crippen LogP contribution in [0.3, 0.4) is 0 Å². The third-order valence-electron chi connectivity index (χ3n) is 3.05. The summed E-state index contributed by atoms with van der Waals surface area (Å²) in [5.74, 6) is 0.148. The molecular weight excluding hydrogens is 248 g/mol. The molecule has 0 aliphatic carbocycles. The number of rotatable bonds is 6. The fourth-order valence-corrected chi connectivity index (χ4v) is 1.92. The van der Waals surface area contributed by atoms with Gasteiger partial charge in [-0.2, -0.15) is 0 Å². The van der Waals surface area contributed by atoms with Crippen LogP contribution in [0.25, 0.3) is 0 Å². The van der Waals surface area contributed by atoms with Crippen LogP contribution in [0, 0.1) is 0 Å². The number of benzene rings is 1. The molecule has 1 rings (SSSR count). The van der Waals surface area contributed by atoms with Gasteiger partial charge in [0.05, 0.1) is 6.54 Å². The van der Waals surface area contributed by atoms with Crippen LogP contribution in [0.2, 0.25) is 0 Å². The van der Waals surface area contributed by atoms with Crippen LogP contribution in [0.4, 0.5) is 0 Å². The Morgan fingerprint density at radius 2 is 1.94 bits per heavy atom. The molecule has 0 aliphatic heterocycles. The quantitative estimate of drug-likeness (QED) is 0.859. The van der Waals surface area contributed by atoms with E-state index >= 15 is 0 Å². The molecule has 102 valence electrons. The van der Waals surface area contributed by atoms with Gasteiger partial charge in [-0.15, -0.1) is 12.4 Å². The van der Waals surface area contributed by atoms with Crippen molar-refractivity contribution in [1.29, 1.82) is 0 Å². The Hall–Kier alpha value is -1.06. The van der Waals surface area contributed by atoms with E-state index in [-0.39, 0.29) is 24.4 Å². The van der Waals surface area contributed by atoms with Crippen molar-refractivity contribution in [3.63, 3.8) is 0 Å². The van der Waals surface area contributed by atoms with Crippen molar-refractivity contribution in [2.24, 2.45) is 0 Å². The maximum atomic E-state index is 11.8. The van der Waals surface area contributed by atoms with Crippen LogP contribution in [-0.4, -0.2) is 37.5 Å². The van der Waals surface area contributed by atoms with E-state index in [2.05, 4.69) is 24.4 Å². The molecule has 0 aliphatic rings. The van der Waals surface area contributed by atoms with Crippen LogP contribution in [0.5, 0.6) is 0 Å². The average Bonchev–Trinajstić information content (AvgIpc) is 2.36. The maximum Gasteiger partial charge on any atom is 0.236 e. The molecule has 3 nitrogen and oxygen atoms in total. The van der Waals surface area contributed by atoms with E-state index in [1.54, 1.807) is 7.05 Å². The second-order valence-electron chi connectivity index (χ2n) is 4.29. The predicted octanol–water partition coefficient (Wildman–Crippen LogP) is 2.11. The van der Waals surface area contributed by atoms with Crippen molar-refractivity contribution in [2.75, 3.05) is 20.6 Å². The fourth-order valence-electron chi connectivity index (χ4n) is 1.92. The van der Waals surface area contributed by atoms with E-state index in [0.29, 0.717) is 6.54 Å². The normalized spacial score (nSPS) is 11.5. The van der Waals surface area contributed by atoms with Gasteiger partial charge in [0, 0.05) is 13.1 Å². The summed E-state index contributed by atoms with van der Waals surface area (Å²) in [7, 11) is 3.68. The van der Waals surface area contributed by atoms with Crippen molar-refractivity contribution < 1.29 is 4.79 Å². The molecule has 1 N–H and O–H groups in total. The number of carbonyl (C=O) groups is 1. The average molecular weight is 271 g/mol. The topological polar surface area (TPSA) is 32.3 Å². The van der Waals surface area contributed by atoms with Crippen LogP contribution < -0.4 is 5.32 Å². The molecule has 1 unspecified atom stereocenters. The molecule has 0 radical (unpaired) electrons. The highest BCUT2D eigenvalue weighted by atomic mass is 35.5. The molecule has 1 atom stereocenters. The maximum absolute atomic E-state index is 11.8. The third-order valence-corrected chi connectivity index (χ3v) is 3.05. The smallest absolute Gasteiger partial charge is 0.236 e. The summed E-state index contributed by atoms with van der Waals surface area (Å²) in [6.45, 7) is 2.53. The lowest BCUT2D eigenvalue weighted by Gasteiger charge is -2.27. The summed E-state index contributed by atoms with van der Waals surface area (Å²) < 4.78 is 0. The second-order valence-corrected chi connectivity index (χ2v) is 4.29. The van der Waals surface area contributed by atoms with E-state index in [9.17, 15) is 4.79 Å². The van der Waals surface area contributed by atoms with E-state index in [1.807, 2.05) is 30.1 Å². The Balaban J connectivity index is 0.00000289. The van der Waals surface area contributed by atoms with Gasteiger partial charge in [0.15, 0.2) is 0 Å². The van der Waals surface area contributed by atoms with Gasteiger partial charge in [-0.3, -0.25) is 4.79 Å². The van der Waals surface area contributed by atoms with Gasteiger partial charge in [0.25, 0.3) is 0 Å². The summed E-state index contributed by atoms with van der Waals surface area (Å²) in [5.41, 5.74) is 1.28. The number of carbonyl (C=O) groups excluding carboxylic acids is 1. The molecule has 0 spiro atoms. The number of nitrogens with zero attached hydrogens (tertiary/aromatic N) is 1. The SMILES string of the molecule is CCC(Cc1ccccc1)N(C)C(=O)CNC.Cl. The summed E-state index contributed by atoms with van der Waals surface area (Å²) in [6, 6.07) is 10.6. The predicted molar refractivity (Wildman–Crippen MR) is 78.2 cm³/mol. The number of hydrogen-bond donors (Lipinski definition) is 1. The van der Waals surface area contributed by atoms with Crippen molar-refractivity contribution in [3.05, 3.63) is 35.9 Å². The van der Waals surface area contributed by atoms with E-state index in [1.165, 1.54) is 5.56 Å². The van der Waals surface area contributed by atoms with Gasteiger partial charge >= 0.3 is 0 Å². The van der Waals surface area contributed by atoms with Crippen LogP contribution >= 0.6 is 12.4 Å². The van der Waals surface area contributed by atoms with Crippen LogP contribution in [0.1, 0.15) is 18.9 Å². The van der Waals surface area contributed by atoms with Gasteiger partial charge in [0.1, 0.15) is 0 Å². The van der Waals surface area contributed by atoms with Crippen molar-refractivity contribution in [2.45, 2.75) is 25.8 Å². The molecule has 1 aromatic rings. The Labute approximate surface area is 116 Å². The Morgan fingerprint density at radius 1 is 1.33 bits per heavy atom. The molecule has 0 saturated carbocycles. The molecule has 0 saturated heterocycles. The van der Waals surface area contributed by atoms with Gasteiger partial charge in [0.2, 0.25) is 5.91 Å². The number of amides is 1. The molecule has 0 bridgehead atoms. The molecule has 18 heavy (non-hydrogen) atoms. The molecule has 1 aromatic carbocycles. The number of nitrogens with one attached hydrogen (secondary N) is 1. The van der Waals surface area contributed by atoms with Crippen molar-refractivity contribution >= 4 is 18.3 Å². The van der Waals surface area contributed by atoms with Crippen LogP contribution in [0.15, 0.2) is 30.3 Å². The van der Waals surface area contributed by atoms with Gasteiger partial charge in [-0.05, 0) is 25.5 Å². The minimum absolute atomic E-state index is 0. The van der Waals surface area contributed by atoms with E-state index in [4.69, 9.17) is 0 Å². The first kappa shape index (κ1) is 16.9. The zero-order chi connectivity index (χ0) is 12.7. The standard InChI is InChI=1S/C14H22N2O.ClH/c1-4-13(16(3)14(17)11-15-2)10-12-8-6-5-7-9-12;/h5-9,13,15H,4,10-11H2,1-3H3;1H. The summed E-state index contributed by atoms with van der Waals surface area (Å²) in [5, 5.41) is 2.90. The third kappa shape index (κ3) is 5.07. The number of hydrogen-bond acceptors (Lipinski definition) is 2. The first-order valence-corrected chi connectivity index (χ1v) is 6.13. The van der Waals surface area contributed by atoms with E-state index in [0.717, 1.165) is 12.8 Å². The highest BCUT2D eigenvalue weighted by molar-refractivity contribution is 5.85. The van der Waals surface area contributed by atoms with Gasteiger partial charge in [-0.25, -0.2) is 0 Å². The van der Waals surface area contributed by atoms with Gasteiger partial charge < -0.3 is 10.2 Å². The number of likely N-dealkylation sites (N-methyl/N-ethyl adjacent to an activating group) is 2. The molecule has 0 heterocycles. The monoisotopic (exact) mass is 270 g/mol. The minimum atomic E-state index is 0. The summed E-state index contributed by atoms with van der Waals surface area (Å²) in [4.78, 5) is 13.6. The summed E-state index contributed by atoms with van der Waals surface area (Å²) in [6.07, 6.45) is 1.89. The molecule has 0 fully saturated rings. The minimum Gasteiger partial charge on any atom is -0.341 e. The zero-order valence-electron chi connectivity index (χ0n) is 11.3. The van der Waals surface area contributed by atoms with Crippen molar-refractivity contribution in [1.82, 2.24) is 10.2 Å². The highest BCUT2D eigenvalue weighted by Gasteiger charge is 2.17. The largest absolute Gasteiger partial charge is 0.341 e.